The molecule has 4 nitrogen and oxygen atoms in total. The van der Waals surface area contributed by atoms with Crippen molar-refractivity contribution < 1.29 is 0 Å². The Hall–Kier alpha value is -0.820. The molecule has 2 N–H and O–H groups in total. The van der Waals surface area contributed by atoms with E-state index >= 15 is 0 Å². The number of hydrogen-bond donors (Lipinski definition) is 2. The van der Waals surface area contributed by atoms with Crippen LogP contribution in [0.2, 0.25) is 0 Å². The molecule has 5 heteroatoms. The van der Waals surface area contributed by atoms with Crippen LogP contribution < -0.4 is 10.6 Å². The monoisotopic (exact) mass is 416 g/mol. The number of halogens is 1. The van der Waals surface area contributed by atoms with Crippen LogP contribution in [0.4, 0.5) is 0 Å². The van der Waals surface area contributed by atoms with Crippen LogP contribution >= 0.6 is 24.0 Å². The normalized spacial score (nSPS) is 17.0. The predicted octanol–water partition coefficient (Wildman–Crippen LogP) is 2.62. The van der Waals surface area contributed by atoms with Gasteiger partial charge in [0.25, 0.3) is 0 Å². The van der Waals surface area contributed by atoms with E-state index in [4.69, 9.17) is 0 Å². The van der Waals surface area contributed by atoms with E-state index in [1.165, 1.54) is 37.1 Å². The van der Waals surface area contributed by atoms with Crippen LogP contribution in [-0.4, -0.2) is 44.6 Å². The molecule has 0 amide bonds. The van der Waals surface area contributed by atoms with Crippen molar-refractivity contribution in [2.24, 2.45) is 10.9 Å². The van der Waals surface area contributed by atoms with Gasteiger partial charge in [-0.05, 0) is 51.4 Å². The number of hydrogen-bond acceptors (Lipinski definition) is 2. The van der Waals surface area contributed by atoms with E-state index < -0.39 is 0 Å². The Morgan fingerprint density at radius 2 is 2.00 bits per heavy atom. The maximum Gasteiger partial charge on any atom is 0.191 e. The second kappa shape index (κ2) is 10.0. The van der Waals surface area contributed by atoms with E-state index in [2.05, 4.69) is 58.8 Å². The number of piperidine rings is 1. The lowest BCUT2D eigenvalue weighted by molar-refractivity contribution is 0.220. The van der Waals surface area contributed by atoms with Gasteiger partial charge in [0.15, 0.2) is 5.96 Å². The minimum Gasteiger partial charge on any atom is -0.356 e. The lowest BCUT2D eigenvalue weighted by Crippen LogP contribution is -2.42. The first kappa shape index (κ1) is 19.2. The number of aryl methyl sites for hydroxylation is 1. The molecule has 1 aromatic rings. The average molecular weight is 416 g/mol. The Balaban J connectivity index is 0.00000242. The molecule has 1 saturated heterocycles. The number of rotatable bonds is 4. The summed E-state index contributed by atoms with van der Waals surface area (Å²) in [5, 5.41) is 6.85. The standard InChI is InChI=1S/C17H28N4.HI/c1-14-5-4-6-16(11-14)13-20-17(18-2)19-12-15-7-9-21(3)10-8-15;/h4-6,11,15H,7-10,12-13H2,1-3H3,(H2,18,19,20);1H. The van der Waals surface area contributed by atoms with Crippen molar-refractivity contribution in [1.82, 2.24) is 15.5 Å². The number of likely N-dealkylation sites (tertiary alicyclic amines) is 1. The van der Waals surface area contributed by atoms with E-state index in [0.29, 0.717) is 0 Å². The zero-order valence-corrected chi connectivity index (χ0v) is 16.3. The predicted molar refractivity (Wildman–Crippen MR) is 105 cm³/mol. The van der Waals surface area contributed by atoms with Gasteiger partial charge in [-0.2, -0.15) is 0 Å². The highest BCUT2D eigenvalue weighted by molar-refractivity contribution is 14.0. The minimum absolute atomic E-state index is 0. The fourth-order valence-corrected chi connectivity index (χ4v) is 2.74. The molecule has 0 aromatic heterocycles. The van der Waals surface area contributed by atoms with Crippen molar-refractivity contribution in [2.45, 2.75) is 26.3 Å². The van der Waals surface area contributed by atoms with Crippen LogP contribution in [-0.2, 0) is 6.54 Å². The van der Waals surface area contributed by atoms with E-state index in [1.807, 2.05) is 7.05 Å². The fraction of sp³-hybridized carbons (Fsp3) is 0.588. The molecule has 1 aromatic carbocycles. The number of benzene rings is 1. The van der Waals surface area contributed by atoms with Gasteiger partial charge in [0.1, 0.15) is 0 Å². The maximum atomic E-state index is 4.31. The summed E-state index contributed by atoms with van der Waals surface area (Å²) < 4.78 is 0. The molecule has 2 rings (SSSR count). The molecule has 0 saturated carbocycles. The molecule has 1 heterocycles. The summed E-state index contributed by atoms with van der Waals surface area (Å²) >= 11 is 0. The van der Waals surface area contributed by atoms with E-state index in [9.17, 15) is 0 Å². The molecule has 22 heavy (non-hydrogen) atoms. The summed E-state index contributed by atoms with van der Waals surface area (Å²) in [6.07, 6.45) is 2.55. The van der Waals surface area contributed by atoms with Gasteiger partial charge < -0.3 is 15.5 Å². The van der Waals surface area contributed by atoms with Crippen molar-refractivity contribution in [3.8, 4) is 0 Å². The highest BCUT2D eigenvalue weighted by Gasteiger charge is 2.16. The molecule has 0 spiro atoms. The van der Waals surface area contributed by atoms with Crippen LogP contribution in [0.25, 0.3) is 0 Å². The van der Waals surface area contributed by atoms with Gasteiger partial charge in [-0.15, -0.1) is 24.0 Å². The zero-order valence-electron chi connectivity index (χ0n) is 13.9. The second-order valence-electron chi connectivity index (χ2n) is 6.04. The third-order valence-electron chi connectivity index (χ3n) is 4.16. The van der Waals surface area contributed by atoms with Gasteiger partial charge >= 0.3 is 0 Å². The third kappa shape index (κ3) is 6.52. The third-order valence-corrected chi connectivity index (χ3v) is 4.16. The van der Waals surface area contributed by atoms with Gasteiger partial charge in [-0.1, -0.05) is 29.8 Å². The first-order chi connectivity index (χ1) is 10.2. The highest BCUT2D eigenvalue weighted by Crippen LogP contribution is 2.14. The second-order valence-corrected chi connectivity index (χ2v) is 6.04. The van der Waals surface area contributed by atoms with Crippen LogP contribution in [0, 0.1) is 12.8 Å². The minimum atomic E-state index is 0. The molecule has 0 atom stereocenters. The number of nitrogens with zero attached hydrogens (tertiary/aromatic N) is 2. The Bertz CT molecular complexity index is 467. The van der Waals surface area contributed by atoms with Crippen LogP contribution in [0.1, 0.15) is 24.0 Å². The smallest absolute Gasteiger partial charge is 0.191 e. The molecule has 1 aliphatic heterocycles. The summed E-state index contributed by atoms with van der Waals surface area (Å²) in [5.41, 5.74) is 2.58. The number of aliphatic imine (C=N–C) groups is 1. The van der Waals surface area contributed by atoms with Gasteiger partial charge in [0, 0.05) is 20.1 Å². The van der Waals surface area contributed by atoms with Crippen LogP contribution in [0.15, 0.2) is 29.3 Å². The quantitative estimate of drug-likeness (QED) is 0.451. The van der Waals surface area contributed by atoms with Gasteiger partial charge in [-0.3, -0.25) is 4.99 Å². The number of nitrogens with one attached hydrogen (secondary N) is 2. The molecular weight excluding hydrogens is 387 g/mol. The van der Waals surface area contributed by atoms with Gasteiger partial charge in [0.2, 0.25) is 0 Å². The maximum absolute atomic E-state index is 4.31. The molecule has 1 fully saturated rings. The molecule has 0 unspecified atom stereocenters. The SMILES string of the molecule is CN=C(NCc1cccc(C)c1)NCC1CCN(C)CC1.I. The van der Waals surface area contributed by atoms with E-state index in [-0.39, 0.29) is 24.0 Å². The molecule has 124 valence electrons. The first-order valence-corrected chi connectivity index (χ1v) is 7.86. The average Bonchev–Trinajstić information content (AvgIpc) is 2.49. The summed E-state index contributed by atoms with van der Waals surface area (Å²) in [6, 6.07) is 8.57. The van der Waals surface area contributed by atoms with Crippen molar-refractivity contribution in [3.63, 3.8) is 0 Å². The molecule has 0 aliphatic carbocycles. The van der Waals surface area contributed by atoms with Crippen LogP contribution in [0.3, 0.4) is 0 Å². The van der Waals surface area contributed by atoms with Crippen molar-refractivity contribution in [2.75, 3.05) is 33.7 Å². The fourth-order valence-electron chi connectivity index (χ4n) is 2.74. The van der Waals surface area contributed by atoms with Crippen molar-refractivity contribution in [3.05, 3.63) is 35.4 Å². The van der Waals surface area contributed by atoms with Crippen molar-refractivity contribution in [1.29, 1.82) is 0 Å². The largest absolute Gasteiger partial charge is 0.356 e. The van der Waals surface area contributed by atoms with Gasteiger partial charge in [0.05, 0.1) is 0 Å². The topological polar surface area (TPSA) is 39.7 Å². The summed E-state index contributed by atoms with van der Waals surface area (Å²) in [5.74, 6) is 1.66. The van der Waals surface area contributed by atoms with E-state index in [1.54, 1.807) is 0 Å². The van der Waals surface area contributed by atoms with E-state index in [0.717, 1.165) is 25.0 Å². The summed E-state index contributed by atoms with van der Waals surface area (Å²) in [4.78, 5) is 6.71. The highest BCUT2D eigenvalue weighted by atomic mass is 127. The van der Waals surface area contributed by atoms with Gasteiger partial charge in [-0.25, -0.2) is 0 Å². The molecular formula is C17H29IN4. The number of guanidine groups is 1. The molecule has 0 radical (unpaired) electrons. The van der Waals surface area contributed by atoms with Crippen molar-refractivity contribution >= 4 is 29.9 Å². The Morgan fingerprint density at radius 1 is 1.27 bits per heavy atom. The lowest BCUT2D eigenvalue weighted by Gasteiger charge is -2.29. The lowest BCUT2D eigenvalue weighted by atomic mass is 9.97. The van der Waals surface area contributed by atoms with Crippen LogP contribution in [0.5, 0.6) is 0 Å². The Morgan fingerprint density at radius 3 is 2.64 bits per heavy atom. The molecule has 1 aliphatic rings. The summed E-state index contributed by atoms with van der Waals surface area (Å²) in [6.45, 7) is 6.37. The summed E-state index contributed by atoms with van der Waals surface area (Å²) in [7, 11) is 4.03. The Labute approximate surface area is 151 Å². The Kier molecular flexibility index (Phi) is 8.78. The zero-order chi connectivity index (χ0) is 15.1. The first-order valence-electron chi connectivity index (χ1n) is 7.86. The molecule has 0 bridgehead atoms.